The fourth-order valence-electron chi connectivity index (χ4n) is 6.43. The Morgan fingerprint density at radius 1 is 1.04 bits per heavy atom. The standard InChI is InChI=1S/C35H46ClN9OS/c1-42(2)18-19-45-33-24(22-39-35(41-33)40-25-6-8-26(9-7-25)44(4)27-10-14-37-15-11-27)20-30(34(45)46)32-31(36)21-29(23-38-32)47(5)28-12-16-43(3)17-13-28/h6-9,20-23,27-28,37H,5,10-19H2,1-4H3,(H,39,40,41). The zero-order chi connectivity index (χ0) is 33.1. The summed E-state index contributed by atoms with van der Waals surface area (Å²) < 4.78 is 1.71. The molecule has 3 aromatic heterocycles. The fourth-order valence-corrected chi connectivity index (χ4v) is 8.39. The van der Waals surface area contributed by atoms with E-state index in [0.29, 0.717) is 52.3 Å². The van der Waals surface area contributed by atoms with E-state index in [0.717, 1.165) is 67.8 Å². The van der Waals surface area contributed by atoms with Gasteiger partial charge in [-0.25, -0.2) is 4.98 Å². The molecule has 0 bridgehead atoms. The van der Waals surface area contributed by atoms with Crippen LogP contribution in [0.5, 0.6) is 0 Å². The lowest BCUT2D eigenvalue weighted by atomic mass is 10.0. The predicted octanol–water partition coefficient (Wildman–Crippen LogP) is 5.15. The molecule has 5 heterocycles. The number of likely N-dealkylation sites (N-methyl/N-ethyl adjacent to an activating group) is 1. The van der Waals surface area contributed by atoms with Gasteiger partial charge in [-0.15, -0.1) is 0 Å². The van der Waals surface area contributed by atoms with Crippen LogP contribution in [-0.4, -0.2) is 107 Å². The number of pyridine rings is 2. The van der Waals surface area contributed by atoms with E-state index >= 15 is 0 Å². The minimum Gasteiger partial charge on any atom is -0.372 e. The van der Waals surface area contributed by atoms with E-state index in [4.69, 9.17) is 21.6 Å². The van der Waals surface area contributed by atoms with Crippen molar-refractivity contribution >= 4 is 56.3 Å². The van der Waals surface area contributed by atoms with Gasteiger partial charge < -0.3 is 25.3 Å². The Balaban J connectivity index is 1.27. The van der Waals surface area contributed by atoms with Gasteiger partial charge >= 0.3 is 0 Å². The molecule has 2 aliphatic rings. The third kappa shape index (κ3) is 7.70. The summed E-state index contributed by atoms with van der Waals surface area (Å²) >= 11 is 6.87. The summed E-state index contributed by atoms with van der Waals surface area (Å²) in [6.45, 7) is 5.39. The Morgan fingerprint density at radius 2 is 1.77 bits per heavy atom. The predicted molar refractivity (Wildman–Crippen MR) is 198 cm³/mol. The van der Waals surface area contributed by atoms with Crippen LogP contribution in [0.1, 0.15) is 25.7 Å². The Bertz CT molecular complexity index is 1780. The fraction of sp³-hybridized carbons (Fsp3) is 0.457. The van der Waals surface area contributed by atoms with Crippen molar-refractivity contribution in [2.75, 3.05) is 71.1 Å². The number of rotatable bonds is 10. The first-order valence-corrected chi connectivity index (χ1v) is 18.2. The van der Waals surface area contributed by atoms with Gasteiger partial charge in [0.25, 0.3) is 5.56 Å². The van der Waals surface area contributed by atoms with Crippen LogP contribution in [0.3, 0.4) is 0 Å². The van der Waals surface area contributed by atoms with Crippen molar-refractivity contribution in [3.8, 4) is 11.3 Å². The van der Waals surface area contributed by atoms with E-state index in [2.05, 4.69) is 57.5 Å². The third-order valence-corrected chi connectivity index (χ3v) is 11.8. The highest BCUT2D eigenvalue weighted by Gasteiger charge is 2.22. The van der Waals surface area contributed by atoms with Crippen LogP contribution in [-0.2, 0) is 6.54 Å². The van der Waals surface area contributed by atoms with Crippen molar-refractivity contribution in [3.63, 3.8) is 0 Å². The van der Waals surface area contributed by atoms with Crippen LogP contribution < -0.4 is 21.1 Å². The Labute approximate surface area is 285 Å². The molecule has 2 fully saturated rings. The van der Waals surface area contributed by atoms with Gasteiger partial charge in [0.1, 0.15) is 5.65 Å². The van der Waals surface area contributed by atoms with Crippen molar-refractivity contribution in [2.45, 2.75) is 48.4 Å². The van der Waals surface area contributed by atoms with E-state index in [-0.39, 0.29) is 16.0 Å². The molecule has 1 unspecified atom stereocenters. The number of piperidine rings is 2. The van der Waals surface area contributed by atoms with Crippen molar-refractivity contribution in [1.82, 2.24) is 34.6 Å². The lowest BCUT2D eigenvalue weighted by Crippen LogP contribution is -2.41. The highest BCUT2D eigenvalue weighted by molar-refractivity contribution is 8.14. The van der Waals surface area contributed by atoms with Gasteiger partial charge in [0.15, 0.2) is 0 Å². The second-order valence-corrected chi connectivity index (χ2v) is 15.4. The zero-order valence-corrected chi connectivity index (χ0v) is 29.4. The molecule has 0 aliphatic carbocycles. The lowest BCUT2D eigenvalue weighted by molar-refractivity contribution is 0.282. The molecule has 0 radical (unpaired) electrons. The van der Waals surface area contributed by atoms with Gasteiger partial charge in [-0.1, -0.05) is 17.5 Å². The monoisotopic (exact) mass is 675 g/mol. The minimum atomic E-state index is -0.219. The highest BCUT2D eigenvalue weighted by Crippen LogP contribution is 2.38. The van der Waals surface area contributed by atoms with Crippen LogP contribution in [0.25, 0.3) is 22.3 Å². The first-order valence-electron chi connectivity index (χ1n) is 16.4. The summed E-state index contributed by atoms with van der Waals surface area (Å²) in [5.41, 5.74) is 3.36. The van der Waals surface area contributed by atoms with E-state index < -0.39 is 0 Å². The quantitative estimate of drug-likeness (QED) is 0.221. The average molecular weight is 676 g/mol. The highest BCUT2D eigenvalue weighted by atomic mass is 35.5. The molecule has 2 saturated heterocycles. The number of halogens is 1. The normalized spacial score (nSPS) is 17.3. The molecule has 0 saturated carbocycles. The Kier molecular flexibility index (Phi) is 10.6. The Morgan fingerprint density at radius 3 is 2.45 bits per heavy atom. The van der Waals surface area contributed by atoms with E-state index in [1.807, 2.05) is 49.5 Å². The number of benzene rings is 1. The molecule has 6 rings (SSSR count). The van der Waals surface area contributed by atoms with Crippen molar-refractivity contribution in [1.29, 1.82) is 0 Å². The minimum absolute atomic E-state index is 0.180. The second kappa shape index (κ2) is 14.8. The first-order chi connectivity index (χ1) is 22.7. The smallest absolute Gasteiger partial charge is 0.261 e. The molecule has 47 heavy (non-hydrogen) atoms. The summed E-state index contributed by atoms with van der Waals surface area (Å²) in [5.74, 6) is 4.93. The maximum absolute atomic E-state index is 14.1. The molecule has 10 nitrogen and oxygen atoms in total. The zero-order valence-electron chi connectivity index (χ0n) is 27.9. The molecular formula is C35H46ClN9OS. The molecule has 2 N–H and O–H groups in total. The molecule has 250 valence electrons. The lowest BCUT2D eigenvalue weighted by Gasteiger charge is -2.33. The number of nitrogens with one attached hydrogen (secondary N) is 2. The maximum Gasteiger partial charge on any atom is 0.261 e. The van der Waals surface area contributed by atoms with Crippen molar-refractivity contribution in [2.24, 2.45) is 0 Å². The maximum atomic E-state index is 14.1. The summed E-state index contributed by atoms with van der Waals surface area (Å²) in [6.07, 6.45) is 8.12. The van der Waals surface area contributed by atoms with Gasteiger partial charge in [0.05, 0.1) is 16.3 Å². The van der Waals surface area contributed by atoms with E-state index in [9.17, 15) is 4.79 Å². The van der Waals surface area contributed by atoms with Gasteiger partial charge in [0, 0.05) is 65.5 Å². The van der Waals surface area contributed by atoms with Crippen LogP contribution >= 0.6 is 22.1 Å². The summed E-state index contributed by atoms with van der Waals surface area (Å²) in [4.78, 5) is 36.1. The largest absolute Gasteiger partial charge is 0.372 e. The second-order valence-electron chi connectivity index (χ2n) is 13.0. The number of likely N-dealkylation sites (tertiary alicyclic amines) is 1. The van der Waals surface area contributed by atoms with E-state index in [1.54, 1.807) is 10.8 Å². The molecule has 2 aliphatic heterocycles. The molecule has 0 spiro atoms. The molecule has 12 heteroatoms. The number of hydrogen-bond acceptors (Lipinski definition) is 9. The summed E-state index contributed by atoms with van der Waals surface area (Å²) in [7, 11) is 8.09. The van der Waals surface area contributed by atoms with Gasteiger partial charge in [-0.3, -0.25) is 14.3 Å². The molecule has 0 amide bonds. The van der Waals surface area contributed by atoms with E-state index in [1.165, 1.54) is 5.69 Å². The average Bonchev–Trinajstić information content (AvgIpc) is 3.08. The SMILES string of the molecule is C=S(c1cnc(-c2cc3cnc(Nc4ccc(N(C)C5CCNCC5)cc4)nc3n(CCN(C)C)c2=O)c(Cl)c1)C1CCN(C)CC1. The molecule has 1 atom stereocenters. The van der Waals surface area contributed by atoms with Crippen LogP contribution in [0.2, 0.25) is 5.02 Å². The van der Waals surface area contributed by atoms with Crippen LogP contribution in [0, 0.1) is 0 Å². The number of fused-ring (bicyclic) bond motifs is 1. The number of aromatic nitrogens is 4. The van der Waals surface area contributed by atoms with Crippen molar-refractivity contribution < 1.29 is 0 Å². The topological polar surface area (TPSA) is 94.5 Å². The van der Waals surface area contributed by atoms with Gasteiger partial charge in [0.2, 0.25) is 5.95 Å². The van der Waals surface area contributed by atoms with Crippen LogP contribution in [0.4, 0.5) is 17.3 Å². The van der Waals surface area contributed by atoms with Gasteiger partial charge in [-0.2, -0.15) is 15.5 Å². The molecule has 4 aromatic rings. The number of nitrogens with zero attached hydrogens (tertiary/aromatic N) is 7. The van der Waals surface area contributed by atoms with Gasteiger partial charge in [-0.05, 0) is 109 Å². The molecular weight excluding hydrogens is 630 g/mol. The number of hydrogen-bond donors (Lipinski definition) is 2. The third-order valence-electron chi connectivity index (χ3n) is 9.43. The summed E-state index contributed by atoms with van der Waals surface area (Å²) in [5, 5.41) is 8.49. The van der Waals surface area contributed by atoms with Crippen molar-refractivity contribution in [3.05, 3.63) is 64.2 Å². The first kappa shape index (κ1) is 33.5. The van der Waals surface area contributed by atoms with Crippen LogP contribution in [0.15, 0.2) is 58.5 Å². The molecule has 1 aromatic carbocycles. The summed E-state index contributed by atoms with van der Waals surface area (Å²) in [6, 6.07) is 12.6. The Hall–Kier alpha value is -3.35. The number of anilines is 3.